The maximum atomic E-state index is 11.5. The Hall–Kier alpha value is -4.11. The molecule has 0 fully saturated rings. The van der Waals surface area contributed by atoms with Gasteiger partial charge in [0.05, 0.1) is 22.1 Å². The smallest absolute Gasteiger partial charge is 0.550 e. The van der Waals surface area contributed by atoms with Crippen LogP contribution in [-0.4, -0.2) is 25.9 Å². The third-order valence-electron chi connectivity index (χ3n) is 8.02. The number of nitrogens with one attached hydrogen (secondary N) is 2. The standard InChI is InChI=1S/C35H34N4O4.Na/c1-22(33-36-28-8-4-5-9-29(28)37-33)42-26-16-12-24(13-17-26)35(3,21-20-32(40)41)25-14-18-27(19-15-25)43-23(2)34-38-30-10-6-7-11-31(30)39-34;/h4-19,22-23H,20-21H2,1-3H3,(H,36,37)(H,38,39)(H,40,41);/q;+1/p-1. The Morgan fingerprint density at radius 3 is 1.52 bits per heavy atom. The summed E-state index contributed by atoms with van der Waals surface area (Å²) in [7, 11) is 0. The van der Waals surface area contributed by atoms with Gasteiger partial charge in [-0.25, -0.2) is 9.97 Å². The van der Waals surface area contributed by atoms with Gasteiger partial charge in [-0.2, -0.15) is 0 Å². The molecule has 6 aromatic rings. The van der Waals surface area contributed by atoms with Gasteiger partial charge < -0.3 is 29.3 Å². The third-order valence-corrected chi connectivity index (χ3v) is 8.02. The van der Waals surface area contributed by atoms with Gasteiger partial charge in [-0.3, -0.25) is 0 Å². The van der Waals surface area contributed by atoms with Gasteiger partial charge in [-0.1, -0.05) is 55.5 Å². The number of aromatic amines is 2. The number of rotatable bonds is 11. The first-order valence-corrected chi connectivity index (χ1v) is 14.4. The van der Waals surface area contributed by atoms with Gasteiger partial charge in [0.2, 0.25) is 0 Å². The molecule has 0 amide bonds. The molecule has 6 rings (SSSR count). The van der Waals surface area contributed by atoms with Crippen molar-refractivity contribution in [2.24, 2.45) is 0 Å². The molecule has 8 nitrogen and oxygen atoms in total. The molecule has 44 heavy (non-hydrogen) atoms. The molecule has 0 aliphatic heterocycles. The molecule has 0 saturated carbocycles. The number of H-pyrrole nitrogens is 2. The van der Waals surface area contributed by atoms with Crippen LogP contribution >= 0.6 is 0 Å². The van der Waals surface area contributed by atoms with Gasteiger partial charge >= 0.3 is 29.6 Å². The van der Waals surface area contributed by atoms with Crippen LogP contribution in [0.25, 0.3) is 22.1 Å². The zero-order valence-corrected chi connectivity index (χ0v) is 27.3. The van der Waals surface area contributed by atoms with Crippen molar-refractivity contribution in [3.63, 3.8) is 0 Å². The Labute approximate surface area is 278 Å². The first-order chi connectivity index (χ1) is 20.8. The maximum absolute atomic E-state index is 11.5. The van der Waals surface area contributed by atoms with E-state index in [1.165, 1.54) is 0 Å². The van der Waals surface area contributed by atoms with Crippen molar-refractivity contribution in [3.8, 4) is 11.5 Å². The first kappa shape index (κ1) is 31.3. The van der Waals surface area contributed by atoms with Crippen molar-refractivity contribution in [2.45, 2.75) is 51.2 Å². The quantitative estimate of drug-likeness (QED) is 0.221. The molecule has 0 radical (unpaired) electrons. The number of carboxylic acid groups (broad SMARTS) is 1. The molecule has 2 heterocycles. The fraction of sp³-hybridized carbons (Fsp3) is 0.229. The van der Waals surface area contributed by atoms with Crippen molar-refractivity contribution in [2.75, 3.05) is 0 Å². The second-order valence-electron chi connectivity index (χ2n) is 11.1. The van der Waals surface area contributed by atoms with Crippen molar-refractivity contribution in [3.05, 3.63) is 120 Å². The van der Waals surface area contributed by atoms with Crippen molar-refractivity contribution in [1.82, 2.24) is 19.9 Å². The summed E-state index contributed by atoms with van der Waals surface area (Å²) >= 11 is 0. The Balaban J connectivity index is 0.00000384. The predicted octanol–water partition coefficient (Wildman–Crippen LogP) is 3.56. The number of imidazole rings is 2. The van der Waals surface area contributed by atoms with Crippen LogP contribution in [0, 0.1) is 0 Å². The molecule has 0 spiro atoms. The summed E-state index contributed by atoms with van der Waals surface area (Å²) in [6.07, 6.45) is -0.255. The Kier molecular flexibility index (Phi) is 9.44. The van der Waals surface area contributed by atoms with Crippen LogP contribution in [0.3, 0.4) is 0 Å². The van der Waals surface area contributed by atoms with Crippen LogP contribution < -0.4 is 44.1 Å². The summed E-state index contributed by atoms with van der Waals surface area (Å²) in [4.78, 5) is 27.4. The monoisotopic (exact) mass is 596 g/mol. The van der Waals surface area contributed by atoms with Crippen molar-refractivity contribution < 1.29 is 48.9 Å². The molecule has 218 valence electrons. The molecule has 0 aliphatic carbocycles. The van der Waals surface area contributed by atoms with Gasteiger partial charge in [0.1, 0.15) is 23.1 Å². The van der Waals surface area contributed by atoms with E-state index in [-0.39, 0.29) is 48.2 Å². The van der Waals surface area contributed by atoms with Crippen LogP contribution in [0.15, 0.2) is 97.1 Å². The van der Waals surface area contributed by atoms with Crippen LogP contribution in [0.2, 0.25) is 0 Å². The van der Waals surface area contributed by atoms with E-state index < -0.39 is 11.4 Å². The van der Waals surface area contributed by atoms with E-state index in [4.69, 9.17) is 9.47 Å². The van der Waals surface area contributed by atoms with E-state index in [1.54, 1.807) is 0 Å². The Morgan fingerprint density at radius 1 is 0.727 bits per heavy atom. The molecular formula is C35H33N4NaO4. The molecule has 0 saturated heterocycles. The van der Waals surface area contributed by atoms with Crippen molar-refractivity contribution >= 4 is 28.0 Å². The summed E-state index contributed by atoms with van der Waals surface area (Å²) in [5.74, 6) is 1.82. The number of carboxylic acids is 1. The molecular weight excluding hydrogens is 563 g/mol. The fourth-order valence-electron chi connectivity index (χ4n) is 5.46. The summed E-state index contributed by atoms with van der Waals surface area (Å²) in [5, 5.41) is 11.5. The number of ether oxygens (including phenoxy) is 2. The van der Waals surface area contributed by atoms with E-state index in [0.29, 0.717) is 17.9 Å². The largest absolute Gasteiger partial charge is 1.00 e. The number of carbonyl (C=O) groups excluding carboxylic acids is 1. The molecule has 2 unspecified atom stereocenters. The second-order valence-corrected chi connectivity index (χ2v) is 11.1. The van der Waals surface area contributed by atoms with Crippen LogP contribution in [0.5, 0.6) is 11.5 Å². The van der Waals surface area contributed by atoms with Crippen molar-refractivity contribution in [1.29, 1.82) is 0 Å². The fourth-order valence-corrected chi connectivity index (χ4v) is 5.46. The maximum Gasteiger partial charge on any atom is 1.00 e. The first-order valence-electron chi connectivity index (χ1n) is 14.4. The van der Waals surface area contributed by atoms with Gasteiger partial charge in [0.15, 0.2) is 12.2 Å². The topological polar surface area (TPSA) is 116 Å². The SMILES string of the molecule is CC(Oc1ccc(C(C)(CCC(=O)[O-])c2ccc(OC(C)c3nc4ccccc4[nH]3)cc2)cc1)c1nc2ccccc2[nH]1.[Na+]. The summed E-state index contributed by atoms with van der Waals surface area (Å²) in [6.45, 7) is 5.96. The van der Waals surface area contributed by atoms with Gasteiger partial charge in [-0.15, -0.1) is 0 Å². The molecule has 9 heteroatoms. The number of hydrogen-bond acceptors (Lipinski definition) is 6. The Morgan fingerprint density at radius 2 is 1.14 bits per heavy atom. The zero-order chi connectivity index (χ0) is 30.0. The van der Waals surface area contributed by atoms with Crippen LogP contribution in [0.4, 0.5) is 0 Å². The second kappa shape index (κ2) is 13.3. The number of aromatic nitrogens is 4. The zero-order valence-electron chi connectivity index (χ0n) is 25.3. The number of hydrogen-bond donors (Lipinski definition) is 2. The number of carbonyl (C=O) groups is 1. The van der Waals surface area contributed by atoms with E-state index in [2.05, 4.69) is 26.9 Å². The third kappa shape index (κ3) is 6.68. The molecule has 2 aromatic heterocycles. The summed E-state index contributed by atoms with van der Waals surface area (Å²) in [5.41, 5.74) is 5.09. The molecule has 2 atom stereocenters. The van der Waals surface area contributed by atoms with Crippen LogP contribution in [0.1, 0.15) is 68.6 Å². The number of nitrogens with zero attached hydrogens (tertiary/aromatic N) is 2. The molecule has 0 bridgehead atoms. The molecule has 0 aliphatic rings. The number of para-hydroxylation sites is 4. The normalized spacial score (nSPS) is 14.0. The average Bonchev–Trinajstić information content (AvgIpc) is 3.66. The Bertz CT molecular complexity index is 1670. The van der Waals surface area contributed by atoms with E-state index >= 15 is 0 Å². The van der Waals surface area contributed by atoms with Gasteiger partial charge in [0, 0.05) is 11.4 Å². The van der Waals surface area contributed by atoms with E-state index in [0.717, 1.165) is 44.8 Å². The summed E-state index contributed by atoms with van der Waals surface area (Å²) in [6, 6.07) is 31.4. The van der Waals surface area contributed by atoms with E-state index in [1.807, 2.05) is 111 Å². The minimum atomic E-state index is -1.08. The average molecular weight is 597 g/mol. The minimum Gasteiger partial charge on any atom is -0.550 e. The number of benzene rings is 4. The van der Waals surface area contributed by atoms with Gasteiger partial charge in [0.25, 0.3) is 0 Å². The molecule has 2 N–H and O–H groups in total. The summed E-state index contributed by atoms with van der Waals surface area (Å²) < 4.78 is 12.4. The minimum absolute atomic E-state index is 0. The molecule has 4 aromatic carbocycles. The van der Waals surface area contributed by atoms with Gasteiger partial charge in [-0.05, 0) is 86.3 Å². The van der Waals surface area contributed by atoms with E-state index in [9.17, 15) is 9.90 Å². The number of aliphatic carboxylic acids is 1. The predicted molar refractivity (Wildman–Crippen MR) is 164 cm³/mol. The van der Waals surface area contributed by atoms with Crippen LogP contribution in [-0.2, 0) is 10.2 Å². The number of fused-ring (bicyclic) bond motifs is 2.